The summed E-state index contributed by atoms with van der Waals surface area (Å²) >= 11 is 0. The summed E-state index contributed by atoms with van der Waals surface area (Å²) in [5, 5.41) is 10.4. The molecule has 0 aromatic carbocycles. The molecular weight excluding hydrogens is 164 g/mol. The Balaban J connectivity index is 2.03. The highest BCUT2D eigenvalue weighted by molar-refractivity contribution is 5.00. The topological polar surface area (TPSA) is 29.5 Å². The number of hydrogen-bond acceptors (Lipinski definition) is 2. The van der Waals surface area contributed by atoms with Gasteiger partial charge >= 0.3 is 0 Å². The van der Waals surface area contributed by atoms with Crippen LogP contribution in [0.15, 0.2) is 12.3 Å². The van der Waals surface area contributed by atoms with Crippen LogP contribution >= 0.6 is 0 Å². The third-order valence-electron chi connectivity index (χ3n) is 3.36. The fourth-order valence-electron chi connectivity index (χ4n) is 2.49. The molecule has 0 unspecified atom stereocenters. The molecule has 0 aromatic rings. The van der Waals surface area contributed by atoms with Crippen molar-refractivity contribution < 1.29 is 9.84 Å². The van der Waals surface area contributed by atoms with E-state index < -0.39 is 5.60 Å². The van der Waals surface area contributed by atoms with Crippen LogP contribution in [0.25, 0.3) is 0 Å². The SMILES string of the molecule is OC1([C@@H]2C=COCC2)CCCCC1. The maximum atomic E-state index is 10.4. The van der Waals surface area contributed by atoms with Crippen molar-refractivity contribution >= 4 is 0 Å². The standard InChI is InChI=1S/C11H18O2/c12-11(6-2-1-3-7-11)10-4-8-13-9-5-10/h4,8,10,12H,1-3,5-7,9H2/t10-/m1/s1. The fraction of sp³-hybridized carbons (Fsp3) is 0.818. The van der Waals surface area contributed by atoms with Crippen LogP contribution in [-0.4, -0.2) is 17.3 Å². The van der Waals surface area contributed by atoms with E-state index in [9.17, 15) is 5.11 Å². The van der Waals surface area contributed by atoms with Gasteiger partial charge in [0.05, 0.1) is 18.5 Å². The molecule has 0 saturated heterocycles. The smallest absolute Gasteiger partial charge is 0.0879 e. The molecule has 2 nitrogen and oxygen atoms in total. The molecule has 0 aromatic heterocycles. The first-order valence-electron chi connectivity index (χ1n) is 5.32. The average Bonchev–Trinajstić information content (AvgIpc) is 2.20. The van der Waals surface area contributed by atoms with Gasteiger partial charge in [-0.05, 0) is 25.3 Å². The van der Waals surface area contributed by atoms with Gasteiger partial charge < -0.3 is 9.84 Å². The number of rotatable bonds is 1. The Hall–Kier alpha value is -0.500. The maximum absolute atomic E-state index is 10.4. The van der Waals surface area contributed by atoms with E-state index in [1.165, 1.54) is 19.3 Å². The second-order valence-electron chi connectivity index (χ2n) is 4.26. The zero-order valence-corrected chi connectivity index (χ0v) is 8.04. The minimum Gasteiger partial charge on any atom is -0.501 e. The molecule has 2 rings (SSSR count). The van der Waals surface area contributed by atoms with Crippen LogP contribution in [0.2, 0.25) is 0 Å². The molecule has 0 radical (unpaired) electrons. The minimum atomic E-state index is -0.418. The third kappa shape index (κ3) is 1.88. The van der Waals surface area contributed by atoms with Gasteiger partial charge in [0.2, 0.25) is 0 Å². The van der Waals surface area contributed by atoms with E-state index in [0.29, 0.717) is 5.92 Å². The van der Waals surface area contributed by atoms with Crippen molar-refractivity contribution in [3.8, 4) is 0 Å². The van der Waals surface area contributed by atoms with E-state index in [0.717, 1.165) is 25.9 Å². The highest BCUT2D eigenvalue weighted by Crippen LogP contribution is 2.37. The molecule has 0 amide bonds. The highest BCUT2D eigenvalue weighted by Gasteiger charge is 2.36. The summed E-state index contributed by atoms with van der Waals surface area (Å²) in [5.74, 6) is 0.335. The van der Waals surface area contributed by atoms with Gasteiger partial charge in [0.1, 0.15) is 0 Å². The summed E-state index contributed by atoms with van der Waals surface area (Å²) < 4.78 is 5.14. The van der Waals surface area contributed by atoms with Gasteiger partial charge in [0, 0.05) is 5.92 Å². The first-order chi connectivity index (χ1) is 6.31. The molecule has 1 fully saturated rings. The molecule has 2 aliphatic rings. The van der Waals surface area contributed by atoms with Crippen molar-refractivity contribution in [1.82, 2.24) is 0 Å². The molecule has 74 valence electrons. The summed E-state index contributed by atoms with van der Waals surface area (Å²) in [6.45, 7) is 0.767. The van der Waals surface area contributed by atoms with Gasteiger partial charge in [-0.3, -0.25) is 0 Å². The Morgan fingerprint density at radius 2 is 2.00 bits per heavy atom. The molecule has 1 aliphatic heterocycles. The molecule has 1 N–H and O–H groups in total. The van der Waals surface area contributed by atoms with Crippen LogP contribution in [0.3, 0.4) is 0 Å². The van der Waals surface area contributed by atoms with Gasteiger partial charge in [0.25, 0.3) is 0 Å². The molecule has 1 heterocycles. The molecule has 2 heteroatoms. The molecule has 0 bridgehead atoms. The Bertz CT molecular complexity index is 192. The van der Waals surface area contributed by atoms with E-state index in [2.05, 4.69) is 0 Å². The zero-order valence-electron chi connectivity index (χ0n) is 8.04. The van der Waals surface area contributed by atoms with Gasteiger partial charge in [-0.2, -0.15) is 0 Å². The normalized spacial score (nSPS) is 32.5. The van der Waals surface area contributed by atoms with Crippen molar-refractivity contribution in [3.05, 3.63) is 12.3 Å². The summed E-state index contributed by atoms with van der Waals surface area (Å²) in [4.78, 5) is 0. The van der Waals surface area contributed by atoms with Crippen molar-refractivity contribution in [2.75, 3.05) is 6.61 Å². The second-order valence-corrected chi connectivity index (χ2v) is 4.26. The van der Waals surface area contributed by atoms with E-state index >= 15 is 0 Å². The minimum absolute atomic E-state index is 0.335. The lowest BCUT2D eigenvalue weighted by molar-refractivity contribution is -0.0450. The summed E-state index contributed by atoms with van der Waals surface area (Å²) in [6, 6.07) is 0. The molecule has 1 saturated carbocycles. The Kier molecular flexibility index (Phi) is 2.58. The van der Waals surface area contributed by atoms with Crippen LogP contribution in [0.5, 0.6) is 0 Å². The van der Waals surface area contributed by atoms with Crippen LogP contribution in [-0.2, 0) is 4.74 Å². The molecular formula is C11H18O2. The Labute approximate surface area is 79.6 Å². The van der Waals surface area contributed by atoms with Crippen molar-refractivity contribution in [2.24, 2.45) is 5.92 Å². The number of aliphatic hydroxyl groups is 1. The third-order valence-corrected chi connectivity index (χ3v) is 3.36. The van der Waals surface area contributed by atoms with E-state index in [-0.39, 0.29) is 0 Å². The quantitative estimate of drug-likeness (QED) is 0.674. The average molecular weight is 182 g/mol. The number of hydrogen-bond donors (Lipinski definition) is 1. The monoisotopic (exact) mass is 182 g/mol. The van der Waals surface area contributed by atoms with Gasteiger partial charge in [-0.15, -0.1) is 0 Å². The van der Waals surface area contributed by atoms with Gasteiger partial charge in [-0.1, -0.05) is 19.3 Å². The van der Waals surface area contributed by atoms with Crippen molar-refractivity contribution in [3.63, 3.8) is 0 Å². The van der Waals surface area contributed by atoms with Gasteiger partial charge in [-0.25, -0.2) is 0 Å². The van der Waals surface area contributed by atoms with E-state index in [1.807, 2.05) is 6.08 Å². The van der Waals surface area contributed by atoms with Crippen LogP contribution < -0.4 is 0 Å². The molecule has 1 atom stereocenters. The first-order valence-corrected chi connectivity index (χ1v) is 5.32. The molecule has 13 heavy (non-hydrogen) atoms. The summed E-state index contributed by atoms with van der Waals surface area (Å²) in [6.07, 6.45) is 10.4. The largest absolute Gasteiger partial charge is 0.501 e. The zero-order chi connectivity index (χ0) is 9.15. The van der Waals surface area contributed by atoms with Crippen LogP contribution in [0, 0.1) is 5.92 Å². The van der Waals surface area contributed by atoms with Crippen molar-refractivity contribution in [1.29, 1.82) is 0 Å². The lowest BCUT2D eigenvalue weighted by atomic mass is 9.74. The molecule has 0 spiro atoms. The van der Waals surface area contributed by atoms with Crippen LogP contribution in [0.1, 0.15) is 38.5 Å². The first kappa shape index (κ1) is 9.07. The summed E-state index contributed by atoms with van der Waals surface area (Å²) in [7, 11) is 0. The van der Waals surface area contributed by atoms with E-state index in [1.54, 1.807) is 6.26 Å². The highest BCUT2D eigenvalue weighted by atomic mass is 16.5. The summed E-state index contributed by atoms with van der Waals surface area (Å²) in [5.41, 5.74) is -0.418. The van der Waals surface area contributed by atoms with Crippen molar-refractivity contribution in [2.45, 2.75) is 44.1 Å². The lowest BCUT2D eigenvalue weighted by Gasteiger charge is -2.38. The fourth-order valence-corrected chi connectivity index (χ4v) is 2.49. The Morgan fingerprint density at radius 1 is 1.23 bits per heavy atom. The van der Waals surface area contributed by atoms with E-state index in [4.69, 9.17) is 4.74 Å². The predicted octanol–water partition coefficient (Wildman–Crippen LogP) is 2.23. The van der Waals surface area contributed by atoms with Gasteiger partial charge in [0.15, 0.2) is 0 Å². The van der Waals surface area contributed by atoms with Crippen LogP contribution in [0.4, 0.5) is 0 Å². The predicted molar refractivity (Wildman–Crippen MR) is 51.2 cm³/mol. The number of ether oxygens (including phenoxy) is 1. The second kappa shape index (κ2) is 3.70. The Morgan fingerprint density at radius 3 is 2.62 bits per heavy atom. The lowest BCUT2D eigenvalue weighted by Crippen LogP contribution is -2.40. The molecule has 1 aliphatic carbocycles. The maximum Gasteiger partial charge on any atom is 0.0879 e.